The molecule has 0 spiro atoms. The van der Waals surface area contributed by atoms with Crippen LogP contribution in [-0.2, 0) is 24.1 Å². The summed E-state index contributed by atoms with van der Waals surface area (Å²) < 4.78 is 18.1. The molecule has 0 atom stereocenters. The maximum absolute atomic E-state index is 14.2. The van der Waals surface area contributed by atoms with Crippen LogP contribution in [0.4, 0.5) is 0 Å². The van der Waals surface area contributed by atoms with E-state index < -0.39 is 6.08 Å². The zero-order chi connectivity index (χ0) is 30.5. The molecule has 0 N–H and O–H groups in total. The monoisotopic (exact) mass is 630 g/mol. The molecular formula is C35H35KN4O5. The first-order valence-corrected chi connectivity index (χ1v) is 15.2. The van der Waals surface area contributed by atoms with Crippen molar-refractivity contribution in [3.63, 3.8) is 0 Å². The second-order valence-corrected chi connectivity index (χ2v) is 10.9. The van der Waals surface area contributed by atoms with Crippen molar-refractivity contribution in [2.24, 2.45) is 0 Å². The predicted octanol–water partition coefficient (Wildman–Crippen LogP) is 2.83. The third-order valence-electron chi connectivity index (χ3n) is 7.93. The van der Waals surface area contributed by atoms with E-state index in [9.17, 15) is 9.90 Å². The van der Waals surface area contributed by atoms with Crippen LogP contribution in [0.2, 0.25) is 0 Å². The number of hydrogen-bond donors (Lipinski definition) is 0. The van der Waals surface area contributed by atoms with Gasteiger partial charge in [0.05, 0.1) is 31.0 Å². The third-order valence-corrected chi connectivity index (χ3v) is 7.93. The SMILES string of the molecule is CCCc1nc(CC)c(-c2ccc(OC3CCOCC3)cc2)c(=O)n1Cc1ccc(-c2ccccc2-c2noc([O-])n2)cc1.[K+]. The minimum atomic E-state index is -0.722. The van der Waals surface area contributed by atoms with Crippen molar-refractivity contribution in [3.8, 4) is 45.5 Å². The van der Waals surface area contributed by atoms with Crippen LogP contribution in [0.25, 0.3) is 33.6 Å². The number of hydrogen-bond acceptors (Lipinski definition) is 8. The van der Waals surface area contributed by atoms with Crippen LogP contribution in [0.1, 0.15) is 50.2 Å². The molecule has 0 saturated carbocycles. The summed E-state index contributed by atoms with van der Waals surface area (Å²) in [6, 6.07) is 23.4. The number of nitrogens with zero attached hydrogens (tertiary/aromatic N) is 4. The molecule has 2 aromatic heterocycles. The van der Waals surface area contributed by atoms with Gasteiger partial charge in [0, 0.05) is 24.8 Å². The molecule has 3 aromatic carbocycles. The van der Waals surface area contributed by atoms with E-state index in [0.717, 1.165) is 72.0 Å². The van der Waals surface area contributed by atoms with Crippen molar-refractivity contribution in [1.29, 1.82) is 0 Å². The van der Waals surface area contributed by atoms with E-state index in [4.69, 9.17) is 14.5 Å². The Kier molecular flexibility index (Phi) is 11.4. The summed E-state index contributed by atoms with van der Waals surface area (Å²) in [6.07, 6.45) is 3.43. The Morgan fingerprint density at radius 2 is 1.60 bits per heavy atom. The molecule has 0 aliphatic carbocycles. The van der Waals surface area contributed by atoms with Gasteiger partial charge in [0.15, 0.2) is 11.9 Å². The molecule has 45 heavy (non-hydrogen) atoms. The average molecular weight is 631 g/mol. The largest absolute Gasteiger partial charge is 1.00 e. The van der Waals surface area contributed by atoms with Crippen LogP contribution < -0.4 is 66.8 Å². The molecule has 1 saturated heterocycles. The van der Waals surface area contributed by atoms with Crippen molar-refractivity contribution < 1.29 is 70.5 Å². The standard InChI is InChI=1S/C35H36N4O5.K/c1-3-7-31-36-30(4-2)32(25-14-16-26(17-15-25)43-27-18-20-42-21-19-27)34(40)39(31)22-23-10-12-24(13-11-23)28-8-5-6-9-29(28)33-37-35(41)44-38-33;/h5-6,8-17,27H,3-4,7,18-22H2,1-2H3,(H,37,38,41);/q;+1/p-1. The number of rotatable bonds is 10. The number of aromatic nitrogens is 4. The van der Waals surface area contributed by atoms with Crippen LogP contribution in [0.5, 0.6) is 11.8 Å². The summed E-state index contributed by atoms with van der Waals surface area (Å²) in [5.41, 5.74) is 5.74. The molecule has 0 radical (unpaired) electrons. The summed E-state index contributed by atoms with van der Waals surface area (Å²) in [5.74, 6) is 1.84. The Hall–Kier alpha value is -3.12. The Morgan fingerprint density at radius 1 is 0.911 bits per heavy atom. The van der Waals surface area contributed by atoms with E-state index in [-0.39, 0.29) is 68.9 Å². The quantitative estimate of drug-likeness (QED) is 0.217. The van der Waals surface area contributed by atoms with Gasteiger partial charge in [-0.3, -0.25) is 9.36 Å². The molecular weight excluding hydrogens is 596 g/mol. The Balaban J connectivity index is 0.00000400. The van der Waals surface area contributed by atoms with Crippen molar-refractivity contribution >= 4 is 0 Å². The van der Waals surface area contributed by atoms with Crippen LogP contribution in [0, 0.1) is 0 Å². The van der Waals surface area contributed by atoms with Crippen LogP contribution in [-0.4, -0.2) is 39.0 Å². The van der Waals surface area contributed by atoms with Crippen molar-refractivity contribution in [3.05, 3.63) is 100 Å². The summed E-state index contributed by atoms with van der Waals surface area (Å²) in [7, 11) is 0. The third kappa shape index (κ3) is 7.65. The fourth-order valence-corrected chi connectivity index (χ4v) is 5.68. The maximum atomic E-state index is 14.2. The molecule has 0 unspecified atom stereocenters. The normalized spacial score (nSPS) is 13.4. The van der Waals surface area contributed by atoms with Gasteiger partial charge in [-0.2, -0.15) is 5.16 Å². The minimum Gasteiger partial charge on any atom is -0.528 e. The van der Waals surface area contributed by atoms with Gasteiger partial charge in [0.2, 0.25) is 0 Å². The molecule has 0 bridgehead atoms. The van der Waals surface area contributed by atoms with Gasteiger partial charge >= 0.3 is 51.4 Å². The van der Waals surface area contributed by atoms with Gasteiger partial charge in [-0.15, -0.1) is 0 Å². The summed E-state index contributed by atoms with van der Waals surface area (Å²) in [5, 5.41) is 15.3. The topological polar surface area (TPSA) is 115 Å². The smallest absolute Gasteiger partial charge is 0.528 e. The van der Waals surface area contributed by atoms with E-state index in [1.807, 2.05) is 84.3 Å². The van der Waals surface area contributed by atoms with Gasteiger partial charge in [0.25, 0.3) is 5.56 Å². The molecule has 226 valence electrons. The van der Waals surface area contributed by atoms with Gasteiger partial charge in [0.1, 0.15) is 17.7 Å². The molecule has 1 fully saturated rings. The molecule has 0 amide bonds. The van der Waals surface area contributed by atoms with Crippen LogP contribution >= 0.6 is 0 Å². The molecule has 5 aromatic rings. The molecule has 9 nitrogen and oxygen atoms in total. The minimum absolute atomic E-state index is 0. The molecule has 3 heterocycles. The Bertz CT molecular complexity index is 1780. The van der Waals surface area contributed by atoms with Crippen LogP contribution in [0.15, 0.2) is 82.1 Å². The average Bonchev–Trinajstić information content (AvgIpc) is 3.50. The number of ether oxygens (including phenoxy) is 2. The fraction of sp³-hybridized carbons (Fsp3) is 0.314. The van der Waals surface area contributed by atoms with E-state index in [1.54, 1.807) is 0 Å². The number of aryl methyl sites for hydroxylation is 2. The molecule has 6 rings (SSSR count). The first kappa shape index (κ1) is 33.2. The van der Waals surface area contributed by atoms with Crippen molar-refractivity contribution in [2.45, 2.75) is 58.6 Å². The van der Waals surface area contributed by atoms with E-state index in [2.05, 4.69) is 21.6 Å². The molecule has 10 heteroatoms. The maximum Gasteiger partial charge on any atom is 1.00 e. The van der Waals surface area contributed by atoms with E-state index >= 15 is 0 Å². The number of benzene rings is 3. The Labute approximate surface area is 305 Å². The van der Waals surface area contributed by atoms with E-state index in [1.165, 1.54) is 0 Å². The fourth-order valence-electron chi connectivity index (χ4n) is 5.68. The van der Waals surface area contributed by atoms with Gasteiger partial charge < -0.3 is 19.1 Å². The van der Waals surface area contributed by atoms with E-state index in [0.29, 0.717) is 30.5 Å². The second-order valence-electron chi connectivity index (χ2n) is 10.9. The first-order valence-electron chi connectivity index (χ1n) is 15.2. The van der Waals surface area contributed by atoms with Crippen LogP contribution in [0.3, 0.4) is 0 Å². The zero-order valence-electron chi connectivity index (χ0n) is 26.0. The van der Waals surface area contributed by atoms with Gasteiger partial charge in [-0.25, -0.2) is 9.97 Å². The summed E-state index contributed by atoms with van der Waals surface area (Å²) >= 11 is 0. The van der Waals surface area contributed by atoms with Gasteiger partial charge in [-0.1, -0.05) is 74.5 Å². The summed E-state index contributed by atoms with van der Waals surface area (Å²) in [4.78, 5) is 23.1. The first-order chi connectivity index (χ1) is 21.5. The predicted molar refractivity (Wildman–Crippen MR) is 165 cm³/mol. The zero-order valence-corrected chi connectivity index (χ0v) is 29.1. The van der Waals surface area contributed by atoms with Crippen molar-refractivity contribution in [1.82, 2.24) is 19.7 Å². The Morgan fingerprint density at radius 3 is 2.24 bits per heavy atom. The molecule has 1 aliphatic rings. The second kappa shape index (κ2) is 15.4. The summed E-state index contributed by atoms with van der Waals surface area (Å²) in [6.45, 7) is 5.97. The van der Waals surface area contributed by atoms with Crippen molar-refractivity contribution in [2.75, 3.05) is 13.2 Å². The van der Waals surface area contributed by atoms with Gasteiger partial charge in [-0.05, 0) is 47.2 Å². The molecule has 1 aliphatic heterocycles.